The number of hydrogen-bond donors (Lipinski definition) is 2. The van der Waals surface area contributed by atoms with Crippen LogP contribution >= 0.6 is 23.4 Å². The molecule has 3 rings (SSSR count). The van der Waals surface area contributed by atoms with E-state index in [4.69, 9.17) is 16.3 Å². The Kier molecular flexibility index (Phi) is 7.61. The highest BCUT2D eigenvalue weighted by atomic mass is 35.5. The lowest BCUT2D eigenvalue weighted by Gasteiger charge is -2.18. The highest BCUT2D eigenvalue weighted by Crippen LogP contribution is 2.40. The van der Waals surface area contributed by atoms with Crippen molar-refractivity contribution in [3.63, 3.8) is 0 Å². The number of carbonyl (C=O) groups excluding carboxylic acids is 2. The van der Waals surface area contributed by atoms with Crippen LogP contribution in [0.5, 0.6) is 11.5 Å². The summed E-state index contributed by atoms with van der Waals surface area (Å²) >= 11 is 8.15. The van der Waals surface area contributed by atoms with Crippen LogP contribution < -0.4 is 15.4 Å². The first-order chi connectivity index (χ1) is 15.6. The molecule has 0 atom stereocenters. The number of benzene rings is 3. The van der Waals surface area contributed by atoms with Gasteiger partial charge in [-0.25, -0.2) is 13.6 Å². The summed E-state index contributed by atoms with van der Waals surface area (Å²) in [4.78, 5) is 25.6. The molecule has 0 aliphatic rings. The van der Waals surface area contributed by atoms with Crippen molar-refractivity contribution >= 4 is 41.0 Å². The third kappa shape index (κ3) is 5.46. The molecule has 2 N–H and O–H groups in total. The van der Waals surface area contributed by atoms with E-state index in [2.05, 4.69) is 5.32 Å². The van der Waals surface area contributed by atoms with E-state index in [1.807, 2.05) is 36.7 Å². The number of ether oxygens (including phenoxy) is 1. The fraction of sp³-hybridized carbons (Fsp3) is 0.167. The molecule has 0 saturated heterocycles. The molecule has 0 spiro atoms. The Balaban J connectivity index is 1.80. The van der Waals surface area contributed by atoms with E-state index in [0.29, 0.717) is 28.3 Å². The summed E-state index contributed by atoms with van der Waals surface area (Å²) in [5.41, 5.74) is 1.55. The monoisotopic (exact) mass is 490 g/mol. The summed E-state index contributed by atoms with van der Waals surface area (Å²) in [6, 6.07) is 9.46. The Hall–Kier alpha value is -3.10. The van der Waals surface area contributed by atoms with E-state index < -0.39 is 29.1 Å². The van der Waals surface area contributed by atoms with Crippen molar-refractivity contribution < 1.29 is 23.1 Å². The van der Waals surface area contributed by atoms with Crippen LogP contribution in [0.3, 0.4) is 0 Å². The van der Waals surface area contributed by atoms with Crippen molar-refractivity contribution in [2.45, 2.75) is 25.7 Å². The van der Waals surface area contributed by atoms with Gasteiger partial charge >= 0.3 is 6.03 Å². The minimum atomic E-state index is -1.20. The molecule has 33 heavy (non-hydrogen) atoms. The first kappa shape index (κ1) is 24.5. The van der Waals surface area contributed by atoms with Gasteiger partial charge in [-0.1, -0.05) is 17.7 Å². The number of rotatable bonds is 5. The van der Waals surface area contributed by atoms with Gasteiger partial charge in [0, 0.05) is 10.6 Å². The van der Waals surface area contributed by atoms with Crippen LogP contribution in [0.4, 0.5) is 19.3 Å². The maximum atomic E-state index is 13.8. The van der Waals surface area contributed by atoms with Crippen LogP contribution in [0.25, 0.3) is 0 Å². The second kappa shape index (κ2) is 10.2. The quantitative estimate of drug-likeness (QED) is 0.377. The summed E-state index contributed by atoms with van der Waals surface area (Å²) in [5.74, 6) is -2.26. The Morgan fingerprint density at radius 1 is 1.00 bits per heavy atom. The van der Waals surface area contributed by atoms with Crippen LogP contribution in [0, 0.1) is 32.4 Å². The molecule has 0 saturated carbocycles. The van der Waals surface area contributed by atoms with Crippen molar-refractivity contribution in [2.75, 3.05) is 11.6 Å². The van der Waals surface area contributed by atoms with Crippen LogP contribution in [0.2, 0.25) is 5.02 Å². The molecular weight excluding hydrogens is 470 g/mol. The largest absolute Gasteiger partial charge is 0.455 e. The van der Waals surface area contributed by atoms with E-state index >= 15 is 0 Å². The number of urea groups is 1. The average Bonchev–Trinajstić information content (AvgIpc) is 2.75. The molecule has 3 aromatic rings. The predicted molar refractivity (Wildman–Crippen MR) is 127 cm³/mol. The van der Waals surface area contributed by atoms with Gasteiger partial charge in [0.1, 0.15) is 28.7 Å². The molecule has 9 heteroatoms. The lowest BCUT2D eigenvalue weighted by atomic mass is 10.1. The average molecular weight is 491 g/mol. The lowest BCUT2D eigenvalue weighted by molar-refractivity contribution is 0.0959. The van der Waals surface area contributed by atoms with Gasteiger partial charge in [-0.3, -0.25) is 10.1 Å². The standard InChI is InChI=1S/C24H21ClF2N2O3S/c1-12-10-15(33-4)8-9-19(12)32-22-13(2)11-18(14(3)21(22)25)28-24(31)29-23(30)20-16(26)6-5-7-17(20)27/h5-11H,1-4H3,(H2,28,29,30,31). The molecule has 0 unspecified atom stereocenters. The zero-order chi connectivity index (χ0) is 24.3. The van der Waals surface area contributed by atoms with Gasteiger partial charge in [0.25, 0.3) is 5.91 Å². The topological polar surface area (TPSA) is 67.4 Å². The summed E-state index contributed by atoms with van der Waals surface area (Å²) in [6.07, 6.45) is 1.99. The third-order valence-corrected chi connectivity index (χ3v) is 6.09. The van der Waals surface area contributed by atoms with Gasteiger partial charge in [0.05, 0.1) is 5.02 Å². The number of aryl methyl sites for hydroxylation is 2. The number of amides is 3. The molecule has 3 aromatic carbocycles. The first-order valence-electron chi connectivity index (χ1n) is 9.81. The SMILES string of the molecule is CSc1ccc(Oc2c(C)cc(NC(=O)NC(=O)c3c(F)cccc3F)c(C)c2Cl)c(C)c1. The number of thioether (sulfide) groups is 1. The van der Waals surface area contributed by atoms with Crippen molar-refractivity contribution in [3.8, 4) is 11.5 Å². The molecule has 0 aliphatic heterocycles. The number of halogens is 3. The summed E-state index contributed by atoms with van der Waals surface area (Å²) in [6.45, 7) is 5.36. The molecule has 0 aliphatic carbocycles. The molecule has 172 valence electrons. The Morgan fingerprint density at radius 2 is 1.67 bits per heavy atom. The van der Waals surface area contributed by atoms with Gasteiger partial charge in [-0.15, -0.1) is 11.8 Å². The second-order valence-electron chi connectivity index (χ2n) is 7.25. The minimum absolute atomic E-state index is 0.283. The number of nitrogens with one attached hydrogen (secondary N) is 2. The van der Waals surface area contributed by atoms with E-state index in [-0.39, 0.29) is 5.02 Å². The Bertz CT molecular complexity index is 1230. The van der Waals surface area contributed by atoms with Crippen molar-refractivity contribution in [1.29, 1.82) is 0 Å². The summed E-state index contributed by atoms with van der Waals surface area (Å²) in [5, 5.41) is 4.69. The van der Waals surface area contributed by atoms with Crippen LogP contribution in [0.15, 0.2) is 47.4 Å². The first-order valence-corrected chi connectivity index (χ1v) is 11.4. The second-order valence-corrected chi connectivity index (χ2v) is 8.51. The third-order valence-electron chi connectivity index (χ3n) is 4.91. The number of carbonyl (C=O) groups is 2. The van der Waals surface area contributed by atoms with Gasteiger partial charge in [0.15, 0.2) is 0 Å². The summed E-state index contributed by atoms with van der Waals surface area (Å²) in [7, 11) is 0. The highest BCUT2D eigenvalue weighted by Gasteiger charge is 2.21. The highest BCUT2D eigenvalue weighted by molar-refractivity contribution is 7.98. The molecule has 0 aromatic heterocycles. The zero-order valence-corrected chi connectivity index (χ0v) is 19.9. The van der Waals surface area contributed by atoms with E-state index in [1.54, 1.807) is 31.7 Å². The predicted octanol–water partition coefficient (Wildman–Crippen LogP) is 7.02. The van der Waals surface area contributed by atoms with E-state index in [1.165, 1.54) is 0 Å². The minimum Gasteiger partial charge on any atom is -0.455 e. The van der Waals surface area contributed by atoms with Crippen molar-refractivity contribution in [2.24, 2.45) is 0 Å². The Morgan fingerprint density at radius 3 is 2.27 bits per heavy atom. The smallest absolute Gasteiger partial charge is 0.326 e. The fourth-order valence-corrected chi connectivity index (χ4v) is 3.90. The number of imide groups is 1. The molecular formula is C24H21ClF2N2O3S. The van der Waals surface area contributed by atoms with Crippen LogP contribution in [-0.4, -0.2) is 18.2 Å². The zero-order valence-electron chi connectivity index (χ0n) is 18.3. The molecule has 5 nitrogen and oxygen atoms in total. The van der Waals surface area contributed by atoms with Crippen molar-refractivity contribution in [3.05, 3.63) is 81.4 Å². The maximum Gasteiger partial charge on any atom is 0.326 e. The molecule has 0 heterocycles. The normalized spacial score (nSPS) is 10.6. The number of anilines is 1. The maximum absolute atomic E-state index is 13.8. The van der Waals surface area contributed by atoms with Crippen molar-refractivity contribution in [1.82, 2.24) is 5.32 Å². The van der Waals surface area contributed by atoms with E-state index in [0.717, 1.165) is 28.7 Å². The van der Waals surface area contributed by atoms with Gasteiger partial charge in [0.2, 0.25) is 0 Å². The lowest BCUT2D eigenvalue weighted by Crippen LogP contribution is -2.35. The fourth-order valence-electron chi connectivity index (χ4n) is 3.11. The molecule has 0 fully saturated rings. The van der Waals surface area contributed by atoms with Crippen LogP contribution in [-0.2, 0) is 0 Å². The van der Waals surface area contributed by atoms with E-state index in [9.17, 15) is 18.4 Å². The van der Waals surface area contributed by atoms with Crippen LogP contribution in [0.1, 0.15) is 27.0 Å². The molecule has 0 radical (unpaired) electrons. The van der Waals surface area contributed by atoms with Gasteiger partial charge in [-0.2, -0.15) is 0 Å². The molecule has 0 bridgehead atoms. The summed E-state index contributed by atoms with van der Waals surface area (Å²) < 4.78 is 33.6. The van der Waals surface area contributed by atoms with Gasteiger partial charge in [-0.05, 0) is 80.1 Å². The number of hydrogen-bond acceptors (Lipinski definition) is 4. The van der Waals surface area contributed by atoms with Gasteiger partial charge < -0.3 is 10.1 Å². The Labute approximate surface area is 199 Å². The molecule has 3 amide bonds.